The number of rotatable bonds is 9. The number of ether oxygens (including phenoxy) is 2. The van der Waals surface area contributed by atoms with Gasteiger partial charge < -0.3 is 23.7 Å². The first-order valence-corrected chi connectivity index (χ1v) is 11.9. The first-order valence-electron chi connectivity index (χ1n) is 11.9. The van der Waals surface area contributed by atoms with Gasteiger partial charge in [-0.1, -0.05) is 18.2 Å². The Kier molecular flexibility index (Phi) is 7.48. The van der Waals surface area contributed by atoms with Gasteiger partial charge in [-0.05, 0) is 51.7 Å². The Morgan fingerprint density at radius 1 is 1.06 bits per heavy atom. The second kappa shape index (κ2) is 10.5. The number of likely N-dealkylation sites (tertiary alicyclic amines) is 2. The highest BCUT2D eigenvalue weighted by atomic mass is 16.7. The van der Waals surface area contributed by atoms with Crippen molar-refractivity contribution in [1.29, 1.82) is 0 Å². The Hall–Kier alpha value is -2.38. The fourth-order valence-corrected chi connectivity index (χ4v) is 5.00. The summed E-state index contributed by atoms with van der Waals surface area (Å²) in [6.07, 6.45) is 3.83. The lowest BCUT2D eigenvalue weighted by Crippen LogP contribution is -2.52. The van der Waals surface area contributed by atoms with Crippen LogP contribution in [-0.2, 0) is 25.5 Å². The van der Waals surface area contributed by atoms with E-state index >= 15 is 0 Å². The molecule has 1 aromatic carbocycles. The van der Waals surface area contributed by atoms with Crippen LogP contribution in [0.15, 0.2) is 34.7 Å². The van der Waals surface area contributed by atoms with E-state index in [1.807, 2.05) is 49.1 Å². The molecule has 7 heteroatoms. The second-order valence-corrected chi connectivity index (χ2v) is 8.52. The van der Waals surface area contributed by atoms with E-state index in [0.29, 0.717) is 45.6 Å². The fourth-order valence-electron chi connectivity index (χ4n) is 5.00. The minimum atomic E-state index is -0.407. The van der Waals surface area contributed by atoms with Crippen LogP contribution in [0, 0.1) is 0 Å². The van der Waals surface area contributed by atoms with Crippen molar-refractivity contribution in [3.8, 4) is 0 Å². The minimum Gasteiger partial charge on any atom is -0.461 e. The summed E-state index contributed by atoms with van der Waals surface area (Å²) < 4.78 is 17.4. The molecule has 2 fully saturated rings. The normalized spacial score (nSPS) is 21.2. The topological polar surface area (TPSA) is 72.2 Å². The van der Waals surface area contributed by atoms with E-state index in [0.717, 1.165) is 36.0 Å². The van der Waals surface area contributed by atoms with Crippen molar-refractivity contribution in [2.75, 3.05) is 26.3 Å². The van der Waals surface area contributed by atoms with E-state index in [4.69, 9.17) is 13.9 Å². The lowest BCUT2D eigenvalue weighted by Gasteiger charge is -2.34. The van der Waals surface area contributed by atoms with Gasteiger partial charge in [-0.25, -0.2) is 0 Å². The van der Waals surface area contributed by atoms with Gasteiger partial charge in [0.15, 0.2) is 6.29 Å². The molecule has 0 radical (unpaired) electrons. The third-order valence-corrected chi connectivity index (χ3v) is 6.48. The van der Waals surface area contributed by atoms with Crippen molar-refractivity contribution >= 4 is 22.8 Å². The molecule has 2 aliphatic heterocycles. The molecule has 174 valence electrons. The zero-order valence-electron chi connectivity index (χ0n) is 19.1. The highest BCUT2D eigenvalue weighted by Crippen LogP contribution is 2.28. The Morgan fingerprint density at radius 2 is 1.78 bits per heavy atom. The van der Waals surface area contributed by atoms with Crippen LogP contribution in [0.1, 0.15) is 51.7 Å². The van der Waals surface area contributed by atoms with E-state index in [1.54, 1.807) is 4.90 Å². The number of para-hydroxylation sites is 1. The van der Waals surface area contributed by atoms with Crippen molar-refractivity contribution in [3.63, 3.8) is 0 Å². The predicted molar refractivity (Wildman–Crippen MR) is 121 cm³/mol. The van der Waals surface area contributed by atoms with Gasteiger partial charge in [0.1, 0.15) is 17.4 Å². The molecule has 0 bridgehead atoms. The number of aryl methyl sites for hydroxylation is 1. The van der Waals surface area contributed by atoms with E-state index in [-0.39, 0.29) is 23.9 Å². The molecule has 2 saturated heterocycles. The number of carbonyl (C=O) groups is 2. The summed E-state index contributed by atoms with van der Waals surface area (Å²) in [5, 5.41) is 1.04. The number of nitrogens with zero attached hydrogens (tertiary/aromatic N) is 2. The highest BCUT2D eigenvalue weighted by molar-refractivity contribution is 5.89. The van der Waals surface area contributed by atoms with Crippen LogP contribution in [0.4, 0.5) is 0 Å². The van der Waals surface area contributed by atoms with Gasteiger partial charge in [0.05, 0.1) is 6.04 Å². The van der Waals surface area contributed by atoms with Crippen molar-refractivity contribution in [2.24, 2.45) is 0 Å². The first kappa shape index (κ1) is 22.8. The van der Waals surface area contributed by atoms with Crippen molar-refractivity contribution in [1.82, 2.24) is 9.80 Å². The molecule has 0 saturated carbocycles. The Bertz CT molecular complexity index is 887. The lowest BCUT2D eigenvalue weighted by molar-refractivity contribution is -0.177. The largest absolute Gasteiger partial charge is 0.461 e. The maximum atomic E-state index is 13.5. The number of benzene rings is 1. The summed E-state index contributed by atoms with van der Waals surface area (Å²) in [6, 6.07) is 9.36. The van der Waals surface area contributed by atoms with Crippen LogP contribution < -0.4 is 0 Å². The van der Waals surface area contributed by atoms with E-state index in [1.165, 1.54) is 0 Å². The van der Waals surface area contributed by atoms with Crippen LogP contribution in [0.25, 0.3) is 11.0 Å². The van der Waals surface area contributed by atoms with Gasteiger partial charge >= 0.3 is 0 Å². The average molecular weight is 443 g/mol. The SMILES string of the molecule is CCOC(OCC)C1CCCN1C(=O)[C@@H]1CCCN1C(=O)CCc1cc2ccccc2o1. The van der Waals surface area contributed by atoms with Crippen molar-refractivity contribution in [2.45, 2.75) is 70.7 Å². The van der Waals surface area contributed by atoms with E-state index in [9.17, 15) is 9.59 Å². The maximum absolute atomic E-state index is 13.5. The predicted octanol–water partition coefficient (Wildman–Crippen LogP) is 3.75. The lowest BCUT2D eigenvalue weighted by atomic mass is 10.1. The van der Waals surface area contributed by atoms with Crippen LogP contribution in [0.3, 0.4) is 0 Å². The molecule has 2 aromatic rings. The molecular weight excluding hydrogens is 408 g/mol. The van der Waals surface area contributed by atoms with E-state index in [2.05, 4.69) is 0 Å². The van der Waals surface area contributed by atoms with Crippen molar-refractivity contribution in [3.05, 3.63) is 36.1 Å². The molecule has 32 heavy (non-hydrogen) atoms. The molecule has 2 aliphatic rings. The number of fused-ring (bicyclic) bond motifs is 1. The highest BCUT2D eigenvalue weighted by Gasteiger charge is 2.42. The summed E-state index contributed by atoms with van der Waals surface area (Å²) in [4.78, 5) is 30.2. The van der Waals surface area contributed by atoms with Gasteiger partial charge in [0.2, 0.25) is 11.8 Å². The van der Waals surface area contributed by atoms with Crippen molar-refractivity contribution < 1.29 is 23.5 Å². The molecule has 0 N–H and O–H groups in total. The molecule has 4 rings (SSSR count). The molecule has 2 atom stereocenters. The summed E-state index contributed by atoms with van der Waals surface area (Å²) in [6.45, 7) is 6.28. The monoisotopic (exact) mass is 442 g/mol. The Labute approximate surface area is 189 Å². The average Bonchev–Trinajstić information content (AvgIpc) is 3.55. The molecule has 0 aliphatic carbocycles. The van der Waals surface area contributed by atoms with E-state index < -0.39 is 6.29 Å². The molecule has 7 nitrogen and oxygen atoms in total. The smallest absolute Gasteiger partial charge is 0.245 e. The first-order chi connectivity index (χ1) is 15.6. The third-order valence-electron chi connectivity index (χ3n) is 6.48. The van der Waals surface area contributed by atoms with Gasteiger partial charge in [-0.2, -0.15) is 0 Å². The number of amides is 2. The minimum absolute atomic E-state index is 0.0169. The number of hydrogen-bond donors (Lipinski definition) is 0. The summed E-state index contributed by atoms with van der Waals surface area (Å²) in [5.41, 5.74) is 0.836. The number of hydrogen-bond acceptors (Lipinski definition) is 5. The van der Waals surface area contributed by atoms with Crippen LogP contribution in [0.2, 0.25) is 0 Å². The van der Waals surface area contributed by atoms with Gasteiger partial charge in [0, 0.05) is 44.5 Å². The quantitative estimate of drug-likeness (QED) is 0.553. The molecule has 2 amide bonds. The molecular formula is C25H34N2O5. The van der Waals surface area contributed by atoms with Crippen LogP contribution in [0.5, 0.6) is 0 Å². The molecule has 1 unspecified atom stereocenters. The summed E-state index contributed by atoms with van der Waals surface area (Å²) in [5.74, 6) is 0.854. The maximum Gasteiger partial charge on any atom is 0.245 e. The van der Waals surface area contributed by atoms with Crippen LogP contribution >= 0.6 is 0 Å². The zero-order chi connectivity index (χ0) is 22.5. The van der Waals surface area contributed by atoms with Gasteiger partial charge in [-0.3, -0.25) is 9.59 Å². The Morgan fingerprint density at radius 3 is 2.53 bits per heavy atom. The third kappa shape index (κ3) is 4.84. The second-order valence-electron chi connectivity index (χ2n) is 8.52. The van der Waals surface area contributed by atoms with Gasteiger partial charge in [0.25, 0.3) is 0 Å². The molecule has 1 aromatic heterocycles. The number of carbonyl (C=O) groups excluding carboxylic acids is 2. The summed E-state index contributed by atoms with van der Waals surface area (Å²) >= 11 is 0. The standard InChI is InChI=1S/C25H34N2O5/c1-3-30-25(31-4-2)21-11-8-16-27(21)24(29)20-10-7-15-26(20)23(28)14-13-19-17-18-9-5-6-12-22(18)32-19/h5-6,9,12,17,20-21,25H,3-4,7-8,10-11,13-16H2,1-2H3/t20-,21?/m0/s1. The molecule has 3 heterocycles. The molecule has 0 spiro atoms. The Balaban J connectivity index is 1.39. The van der Waals surface area contributed by atoms with Crippen LogP contribution in [-0.4, -0.2) is 66.3 Å². The zero-order valence-corrected chi connectivity index (χ0v) is 19.1. The number of furan rings is 1. The summed E-state index contributed by atoms with van der Waals surface area (Å²) in [7, 11) is 0. The fraction of sp³-hybridized carbons (Fsp3) is 0.600. The van der Waals surface area contributed by atoms with Gasteiger partial charge in [-0.15, -0.1) is 0 Å².